The van der Waals surface area contributed by atoms with E-state index in [0.29, 0.717) is 11.3 Å². The molecule has 1 aromatic carbocycles. The quantitative estimate of drug-likeness (QED) is 0.793. The van der Waals surface area contributed by atoms with Gasteiger partial charge in [-0.05, 0) is 30.7 Å². The molecule has 6 nitrogen and oxygen atoms in total. The standard InChI is InChI=1S/C11H16N2O4S/c1-7-5-9(17-6-8(2)11(12)14)3-4-10(7)18(13,15)16/h3-5,8H,6H2,1-2H3,(H2,12,14)(H2,13,15,16). The van der Waals surface area contributed by atoms with Gasteiger partial charge in [-0.15, -0.1) is 0 Å². The molecule has 4 N–H and O–H groups in total. The number of hydrogen-bond donors (Lipinski definition) is 2. The van der Waals surface area contributed by atoms with Crippen LogP contribution >= 0.6 is 0 Å². The molecule has 1 atom stereocenters. The summed E-state index contributed by atoms with van der Waals surface area (Å²) < 4.78 is 27.7. The minimum atomic E-state index is -3.72. The van der Waals surface area contributed by atoms with Gasteiger partial charge < -0.3 is 10.5 Å². The van der Waals surface area contributed by atoms with Gasteiger partial charge in [-0.3, -0.25) is 4.79 Å². The first-order chi connectivity index (χ1) is 8.21. The summed E-state index contributed by atoms with van der Waals surface area (Å²) >= 11 is 0. The fraction of sp³-hybridized carbons (Fsp3) is 0.364. The average Bonchev–Trinajstić information content (AvgIpc) is 2.23. The fourth-order valence-corrected chi connectivity index (χ4v) is 2.10. The maximum Gasteiger partial charge on any atom is 0.238 e. The molecule has 1 amide bonds. The van der Waals surface area contributed by atoms with Crippen molar-refractivity contribution in [3.63, 3.8) is 0 Å². The van der Waals surface area contributed by atoms with Gasteiger partial charge in [0.15, 0.2) is 0 Å². The second kappa shape index (κ2) is 5.36. The Labute approximate surface area is 106 Å². The molecule has 0 saturated heterocycles. The van der Waals surface area contributed by atoms with Crippen molar-refractivity contribution in [3.8, 4) is 5.75 Å². The maximum absolute atomic E-state index is 11.2. The van der Waals surface area contributed by atoms with E-state index in [0.717, 1.165) is 0 Å². The van der Waals surface area contributed by atoms with Crippen molar-refractivity contribution in [2.24, 2.45) is 16.8 Å². The number of ether oxygens (including phenoxy) is 1. The largest absolute Gasteiger partial charge is 0.493 e. The lowest BCUT2D eigenvalue weighted by Gasteiger charge is -2.11. The number of nitrogens with two attached hydrogens (primary N) is 2. The number of rotatable bonds is 5. The van der Waals surface area contributed by atoms with E-state index in [1.54, 1.807) is 19.9 Å². The minimum absolute atomic E-state index is 0.0535. The zero-order chi connectivity index (χ0) is 13.9. The van der Waals surface area contributed by atoms with E-state index < -0.39 is 21.8 Å². The molecule has 0 aliphatic carbocycles. The number of primary amides is 1. The first-order valence-electron chi connectivity index (χ1n) is 5.27. The highest BCUT2D eigenvalue weighted by Crippen LogP contribution is 2.20. The lowest BCUT2D eigenvalue weighted by atomic mass is 10.2. The second-order valence-electron chi connectivity index (χ2n) is 4.09. The summed E-state index contributed by atoms with van der Waals surface area (Å²) in [5, 5.41) is 5.04. The Morgan fingerprint density at radius 2 is 2.06 bits per heavy atom. The van der Waals surface area contributed by atoms with Crippen molar-refractivity contribution in [3.05, 3.63) is 23.8 Å². The van der Waals surface area contributed by atoms with Crippen LogP contribution in [0.1, 0.15) is 12.5 Å². The van der Waals surface area contributed by atoms with Crippen molar-refractivity contribution in [1.82, 2.24) is 0 Å². The van der Waals surface area contributed by atoms with E-state index >= 15 is 0 Å². The van der Waals surface area contributed by atoms with E-state index in [-0.39, 0.29) is 11.5 Å². The smallest absolute Gasteiger partial charge is 0.238 e. The minimum Gasteiger partial charge on any atom is -0.493 e. The molecule has 0 bridgehead atoms. The lowest BCUT2D eigenvalue weighted by Crippen LogP contribution is -2.25. The van der Waals surface area contributed by atoms with Crippen LogP contribution in [0, 0.1) is 12.8 Å². The van der Waals surface area contributed by atoms with Gasteiger partial charge in [0, 0.05) is 0 Å². The number of sulfonamides is 1. The Bertz CT molecular complexity index is 554. The van der Waals surface area contributed by atoms with Crippen molar-refractivity contribution >= 4 is 15.9 Å². The molecule has 0 spiro atoms. The number of carbonyl (C=O) groups is 1. The molecule has 0 saturated carbocycles. The number of carbonyl (C=O) groups excluding carboxylic acids is 1. The summed E-state index contributed by atoms with van der Waals surface area (Å²) in [6.07, 6.45) is 0. The maximum atomic E-state index is 11.2. The number of hydrogen-bond acceptors (Lipinski definition) is 4. The van der Waals surface area contributed by atoms with Gasteiger partial charge in [-0.1, -0.05) is 6.92 Å². The molecule has 0 aliphatic rings. The van der Waals surface area contributed by atoms with Gasteiger partial charge in [0.05, 0.1) is 17.4 Å². The van der Waals surface area contributed by atoms with Crippen LogP contribution in [0.4, 0.5) is 0 Å². The van der Waals surface area contributed by atoms with Gasteiger partial charge in [-0.25, -0.2) is 13.6 Å². The van der Waals surface area contributed by atoms with Crippen LogP contribution in [0.15, 0.2) is 23.1 Å². The fourth-order valence-electron chi connectivity index (χ4n) is 1.33. The van der Waals surface area contributed by atoms with E-state index in [1.165, 1.54) is 12.1 Å². The molecule has 18 heavy (non-hydrogen) atoms. The molecule has 7 heteroatoms. The highest BCUT2D eigenvalue weighted by Gasteiger charge is 2.13. The number of aryl methyl sites for hydroxylation is 1. The van der Waals surface area contributed by atoms with Gasteiger partial charge in [0.25, 0.3) is 0 Å². The molecule has 0 radical (unpaired) electrons. The van der Waals surface area contributed by atoms with Gasteiger partial charge in [0.2, 0.25) is 15.9 Å². The summed E-state index contributed by atoms with van der Waals surface area (Å²) in [7, 11) is -3.72. The van der Waals surface area contributed by atoms with Crippen LogP contribution < -0.4 is 15.6 Å². The summed E-state index contributed by atoms with van der Waals surface area (Å²) in [6, 6.07) is 4.41. The summed E-state index contributed by atoms with van der Waals surface area (Å²) in [5.74, 6) is -0.399. The molecule has 0 aliphatic heterocycles. The van der Waals surface area contributed by atoms with Crippen molar-refractivity contribution in [2.45, 2.75) is 18.7 Å². The van der Waals surface area contributed by atoms with Crippen LogP contribution in [0.25, 0.3) is 0 Å². The van der Waals surface area contributed by atoms with Crippen LogP contribution in [0.3, 0.4) is 0 Å². The van der Waals surface area contributed by atoms with Crippen molar-refractivity contribution in [2.75, 3.05) is 6.61 Å². The van der Waals surface area contributed by atoms with Crippen LogP contribution in [-0.2, 0) is 14.8 Å². The Morgan fingerprint density at radius 1 is 1.44 bits per heavy atom. The zero-order valence-electron chi connectivity index (χ0n) is 10.2. The third-order valence-electron chi connectivity index (χ3n) is 2.44. The van der Waals surface area contributed by atoms with Gasteiger partial charge in [-0.2, -0.15) is 0 Å². The lowest BCUT2D eigenvalue weighted by molar-refractivity contribution is -0.122. The average molecular weight is 272 g/mol. The third-order valence-corrected chi connectivity index (χ3v) is 3.51. The Morgan fingerprint density at radius 3 is 2.50 bits per heavy atom. The molecule has 1 unspecified atom stereocenters. The molecule has 0 aromatic heterocycles. The molecule has 100 valence electrons. The number of benzene rings is 1. The Hall–Kier alpha value is -1.60. The van der Waals surface area contributed by atoms with Gasteiger partial charge >= 0.3 is 0 Å². The van der Waals surface area contributed by atoms with Gasteiger partial charge in [0.1, 0.15) is 5.75 Å². The van der Waals surface area contributed by atoms with Crippen LogP contribution in [0.5, 0.6) is 5.75 Å². The normalized spacial score (nSPS) is 13.1. The van der Waals surface area contributed by atoms with E-state index in [9.17, 15) is 13.2 Å². The zero-order valence-corrected chi connectivity index (χ0v) is 11.0. The van der Waals surface area contributed by atoms with Crippen LogP contribution in [0.2, 0.25) is 0 Å². The first kappa shape index (κ1) is 14.5. The van der Waals surface area contributed by atoms with Crippen molar-refractivity contribution in [1.29, 1.82) is 0 Å². The predicted octanol–water partition coefficient (Wildman–Crippen LogP) is 0.143. The molecule has 0 heterocycles. The van der Waals surface area contributed by atoms with Crippen molar-refractivity contribution < 1.29 is 17.9 Å². The molecular formula is C11H16N2O4S. The predicted molar refractivity (Wildman–Crippen MR) is 66.4 cm³/mol. The Balaban J connectivity index is 2.83. The second-order valence-corrected chi connectivity index (χ2v) is 5.62. The Kier molecular flexibility index (Phi) is 4.31. The SMILES string of the molecule is Cc1cc(OCC(C)C(N)=O)ccc1S(N)(=O)=O. The highest BCUT2D eigenvalue weighted by molar-refractivity contribution is 7.89. The monoisotopic (exact) mass is 272 g/mol. The number of primary sulfonamides is 1. The third kappa shape index (κ3) is 3.71. The summed E-state index contributed by atoms with van der Waals surface area (Å²) in [4.78, 5) is 10.9. The van der Waals surface area contributed by atoms with E-state index in [4.69, 9.17) is 15.6 Å². The number of amides is 1. The van der Waals surface area contributed by atoms with E-state index in [2.05, 4.69) is 0 Å². The topological polar surface area (TPSA) is 112 Å². The highest BCUT2D eigenvalue weighted by atomic mass is 32.2. The molecule has 0 fully saturated rings. The summed E-state index contributed by atoms with van der Waals surface area (Å²) in [5.41, 5.74) is 5.58. The molecular weight excluding hydrogens is 256 g/mol. The molecule has 1 rings (SSSR count). The molecule has 1 aromatic rings. The first-order valence-corrected chi connectivity index (χ1v) is 6.82. The van der Waals surface area contributed by atoms with E-state index in [1.807, 2.05) is 0 Å². The summed E-state index contributed by atoms with van der Waals surface area (Å²) in [6.45, 7) is 3.40. The van der Waals surface area contributed by atoms with Crippen LogP contribution in [-0.4, -0.2) is 20.9 Å².